The minimum absolute atomic E-state index is 0.371. The van der Waals surface area contributed by atoms with Crippen LogP contribution in [0.5, 0.6) is 11.5 Å². The average molecular weight is 281 g/mol. The molecule has 2 aromatic rings. The Labute approximate surface area is 127 Å². The number of rotatable bonds is 4. The minimum atomic E-state index is 0.371. The van der Waals surface area contributed by atoms with Crippen LogP contribution < -0.4 is 10.1 Å². The Bertz CT molecular complexity index is 592. The molecule has 0 spiro atoms. The van der Waals surface area contributed by atoms with Gasteiger partial charge in [-0.1, -0.05) is 44.5 Å². The Morgan fingerprint density at radius 1 is 1.00 bits per heavy atom. The van der Waals surface area contributed by atoms with Gasteiger partial charge in [-0.25, -0.2) is 0 Å². The highest BCUT2D eigenvalue weighted by atomic mass is 16.5. The van der Waals surface area contributed by atoms with Crippen LogP contribution in [0.2, 0.25) is 0 Å². The van der Waals surface area contributed by atoms with Crippen molar-refractivity contribution in [2.75, 3.05) is 5.32 Å². The lowest BCUT2D eigenvalue weighted by atomic mass is 9.87. The molecule has 1 fully saturated rings. The monoisotopic (exact) mass is 281 g/mol. The van der Waals surface area contributed by atoms with Crippen LogP contribution in [0.15, 0.2) is 54.6 Å². The van der Waals surface area contributed by atoms with Gasteiger partial charge in [0.1, 0.15) is 11.5 Å². The first-order chi connectivity index (χ1) is 10.1. The predicted molar refractivity (Wildman–Crippen MR) is 88.0 cm³/mol. The molecule has 0 radical (unpaired) electrons. The van der Waals surface area contributed by atoms with Crippen molar-refractivity contribution in [3.05, 3.63) is 54.6 Å². The predicted octanol–water partition coefficient (Wildman–Crippen LogP) is 5.47. The number of hydrogen-bond acceptors (Lipinski definition) is 2. The van der Waals surface area contributed by atoms with Gasteiger partial charge in [-0.2, -0.15) is 0 Å². The molecule has 1 unspecified atom stereocenters. The molecule has 1 atom stereocenters. The normalized spacial score (nSPS) is 20.2. The first-order valence-corrected chi connectivity index (χ1v) is 7.73. The van der Waals surface area contributed by atoms with E-state index >= 15 is 0 Å². The molecule has 21 heavy (non-hydrogen) atoms. The van der Waals surface area contributed by atoms with Crippen molar-refractivity contribution >= 4 is 5.69 Å². The van der Waals surface area contributed by atoms with Gasteiger partial charge in [0.15, 0.2) is 0 Å². The molecule has 110 valence electrons. The number of para-hydroxylation sites is 1. The summed E-state index contributed by atoms with van der Waals surface area (Å²) in [7, 11) is 0. The highest BCUT2D eigenvalue weighted by molar-refractivity contribution is 5.50. The molecule has 1 saturated carbocycles. The summed E-state index contributed by atoms with van der Waals surface area (Å²) in [6.45, 7) is 4.70. The fourth-order valence-corrected chi connectivity index (χ4v) is 3.07. The van der Waals surface area contributed by atoms with Crippen LogP contribution in [0.4, 0.5) is 5.69 Å². The molecular weight excluding hydrogens is 258 g/mol. The first-order valence-electron chi connectivity index (χ1n) is 7.73. The third-order valence-electron chi connectivity index (χ3n) is 4.41. The van der Waals surface area contributed by atoms with Crippen molar-refractivity contribution in [3.63, 3.8) is 0 Å². The lowest BCUT2D eigenvalue weighted by Crippen LogP contribution is -2.30. The maximum absolute atomic E-state index is 5.90. The van der Waals surface area contributed by atoms with Gasteiger partial charge < -0.3 is 10.1 Å². The van der Waals surface area contributed by atoms with Crippen LogP contribution >= 0.6 is 0 Å². The molecule has 0 saturated heterocycles. The number of nitrogens with one attached hydrogen (secondary N) is 1. The van der Waals surface area contributed by atoms with Crippen molar-refractivity contribution in [2.45, 2.75) is 39.2 Å². The van der Waals surface area contributed by atoms with E-state index in [1.807, 2.05) is 42.5 Å². The van der Waals surface area contributed by atoms with Gasteiger partial charge in [0, 0.05) is 17.8 Å². The fraction of sp³-hybridized carbons (Fsp3) is 0.368. The minimum Gasteiger partial charge on any atom is -0.457 e. The van der Waals surface area contributed by atoms with E-state index in [9.17, 15) is 0 Å². The molecule has 1 aliphatic carbocycles. The highest BCUT2D eigenvalue weighted by Gasteiger charge is 2.34. The second-order valence-electron chi connectivity index (χ2n) is 6.52. The van der Waals surface area contributed by atoms with Crippen molar-refractivity contribution in [1.29, 1.82) is 0 Å². The van der Waals surface area contributed by atoms with Gasteiger partial charge in [-0.15, -0.1) is 0 Å². The Morgan fingerprint density at radius 3 is 2.48 bits per heavy atom. The summed E-state index contributed by atoms with van der Waals surface area (Å²) in [5.41, 5.74) is 1.51. The molecule has 0 bridgehead atoms. The van der Waals surface area contributed by atoms with Gasteiger partial charge in [-0.05, 0) is 42.5 Å². The maximum atomic E-state index is 5.90. The van der Waals surface area contributed by atoms with E-state index in [1.54, 1.807) is 0 Å². The van der Waals surface area contributed by atoms with Crippen molar-refractivity contribution in [1.82, 2.24) is 0 Å². The molecule has 2 aromatic carbocycles. The van der Waals surface area contributed by atoms with E-state index in [0.29, 0.717) is 11.5 Å². The number of ether oxygens (including phenoxy) is 1. The maximum Gasteiger partial charge on any atom is 0.129 e. The highest BCUT2D eigenvalue weighted by Crippen LogP contribution is 2.39. The summed E-state index contributed by atoms with van der Waals surface area (Å²) in [6.07, 6.45) is 3.85. The zero-order valence-corrected chi connectivity index (χ0v) is 12.8. The molecule has 2 nitrogen and oxygen atoms in total. The van der Waals surface area contributed by atoms with Gasteiger partial charge in [0.05, 0.1) is 0 Å². The van der Waals surface area contributed by atoms with E-state index in [4.69, 9.17) is 4.74 Å². The van der Waals surface area contributed by atoms with Gasteiger partial charge in [0.2, 0.25) is 0 Å². The van der Waals surface area contributed by atoms with Crippen LogP contribution in [0, 0.1) is 5.41 Å². The van der Waals surface area contributed by atoms with E-state index < -0.39 is 0 Å². The largest absolute Gasteiger partial charge is 0.457 e. The van der Waals surface area contributed by atoms with Crippen LogP contribution in [0.25, 0.3) is 0 Å². The molecule has 3 rings (SSSR count). The zero-order valence-electron chi connectivity index (χ0n) is 12.8. The SMILES string of the molecule is CC1(C)CCCC1Nc1cccc(Oc2ccccc2)c1. The third kappa shape index (κ3) is 3.38. The molecule has 0 aromatic heterocycles. The quantitative estimate of drug-likeness (QED) is 0.802. The molecule has 1 aliphatic rings. The summed E-state index contributed by atoms with van der Waals surface area (Å²) < 4.78 is 5.90. The number of benzene rings is 2. The average Bonchev–Trinajstić information content (AvgIpc) is 2.79. The fourth-order valence-electron chi connectivity index (χ4n) is 3.07. The van der Waals surface area contributed by atoms with Crippen molar-refractivity contribution in [3.8, 4) is 11.5 Å². The van der Waals surface area contributed by atoms with E-state index in [1.165, 1.54) is 19.3 Å². The number of hydrogen-bond donors (Lipinski definition) is 1. The topological polar surface area (TPSA) is 21.3 Å². The molecule has 0 amide bonds. The summed E-state index contributed by atoms with van der Waals surface area (Å²) >= 11 is 0. The molecule has 0 aliphatic heterocycles. The standard InChI is InChI=1S/C19H23NO/c1-19(2)13-7-12-18(19)20-15-8-6-11-17(14-15)21-16-9-4-3-5-10-16/h3-6,8-11,14,18,20H,7,12-13H2,1-2H3. The third-order valence-corrected chi connectivity index (χ3v) is 4.41. The lowest BCUT2D eigenvalue weighted by molar-refractivity contribution is 0.350. The second kappa shape index (κ2) is 5.80. The van der Waals surface area contributed by atoms with Gasteiger partial charge in [-0.3, -0.25) is 0 Å². The molecule has 1 N–H and O–H groups in total. The van der Waals surface area contributed by atoms with Crippen LogP contribution in [0.1, 0.15) is 33.1 Å². The Morgan fingerprint density at radius 2 is 1.76 bits per heavy atom. The smallest absolute Gasteiger partial charge is 0.129 e. The first kappa shape index (κ1) is 14.0. The Kier molecular flexibility index (Phi) is 3.87. The summed E-state index contributed by atoms with van der Waals surface area (Å²) in [6, 6.07) is 18.7. The van der Waals surface area contributed by atoms with E-state index in [-0.39, 0.29) is 0 Å². The lowest BCUT2D eigenvalue weighted by Gasteiger charge is -2.28. The summed E-state index contributed by atoms with van der Waals surface area (Å²) in [4.78, 5) is 0. The van der Waals surface area contributed by atoms with Crippen LogP contribution in [-0.4, -0.2) is 6.04 Å². The summed E-state index contributed by atoms with van der Waals surface area (Å²) in [5, 5.41) is 3.68. The van der Waals surface area contributed by atoms with Gasteiger partial charge in [0.25, 0.3) is 0 Å². The van der Waals surface area contributed by atoms with Crippen LogP contribution in [0.3, 0.4) is 0 Å². The Balaban J connectivity index is 1.71. The zero-order chi connectivity index (χ0) is 14.7. The van der Waals surface area contributed by atoms with Crippen LogP contribution in [-0.2, 0) is 0 Å². The Hall–Kier alpha value is -1.96. The van der Waals surface area contributed by atoms with E-state index in [2.05, 4.69) is 31.3 Å². The van der Waals surface area contributed by atoms with Gasteiger partial charge >= 0.3 is 0 Å². The van der Waals surface area contributed by atoms with Crippen molar-refractivity contribution < 1.29 is 4.74 Å². The van der Waals surface area contributed by atoms with Crippen molar-refractivity contribution in [2.24, 2.45) is 5.41 Å². The number of anilines is 1. The molecule has 2 heteroatoms. The second-order valence-corrected chi connectivity index (χ2v) is 6.52. The summed E-state index contributed by atoms with van der Waals surface area (Å²) in [5.74, 6) is 1.75. The van der Waals surface area contributed by atoms with E-state index in [0.717, 1.165) is 17.2 Å². The molecular formula is C19H23NO. The molecule has 0 heterocycles.